The van der Waals surface area contributed by atoms with Crippen molar-refractivity contribution in [1.29, 1.82) is 0 Å². The van der Waals surface area contributed by atoms with Crippen LogP contribution in [0.2, 0.25) is 0 Å². The van der Waals surface area contributed by atoms with Crippen LogP contribution in [0.4, 0.5) is 4.39 Å². The van der Waals surface area contributed by atoms with Gasteiger partial charge >= 0.3 is 0 Å². The number of rotatable bonds is 2. The minimum absolute atomic E-state index is 0.00931. The lowest BCUT2D eigenvalue weighted by Gasteiger charge is -1.98. The van der Waals surface area contributed by atoms with Crippen molar-refractivity contribution in [2.45, 2.75) is 13.3 Å². The summed E-state index contributed by atoms with van der Waals surface area (Å²) in [5.74, 6) is -0.575. The number of halogens is 1. The maximum atomic E-state index is 13.5. The van der Waals surface area contributed by atoms with E-state index in [1.807, 2.05) is 6.92 Å². The number of amides is 1. The molecule has 2 rings (SSSR count). The highest BCUT2D eigenvalue weighted by molar-refractivity contribution is 5.98. The Morgan fingerprint density at radius 1 is 1.67 bits per heavy atom. The first-order valence-electron chi connectivity index (χ1n) is 4.60. The summed E-state index contributed by atoms with van der Waals surface area (Å²) in [6.07, 6.45) is 2.27. The van der Waals surface area contributed by atoms with Crippen LogP contribution in [-0.2, 0) is 6.42 Å². The number of pyridine rings is 1. The summed E-state index contributed by atoms with van der Waals surface area (Å²) in [6.45, 7) is 1.88. The number of imidazole rings is 1. The third-order valence-corrected chi connectivity index (χ3v) is 2.24. The molecule has 0 aliphatic heterocycles. The van der Waals surface area contributed by atoms with Gasteiger partial charge in [0.25, 0.3) is 5.91 Å². The van der Waals surface area contributed by atoms with Crippen LogP contribution < -0.4 is 5.73 Å². The molecule has 0 aromatic carbocycles. The van der Waals surface area contributed by atoms with Gasteiger partial charge in [-0.3, -0.25) is 4.79 Å². The molecule has 0 fully saturated rings. The zero-order chi connectivity index (χ0) is 11.0. The summed E-state index contributed by atoms with van der Waals surface area (Å²) < 4.78 is 15.0. The van der Waals surface area contributed by atoms with Crippen molar-refractivity contribution in [3.63, 3.8) is 0 Å². The molecule has 2 heterocycles. The number of nitrogens with two attached hydrogens (primary N) is 1. The van der Waals surface area contributed by atoms with Gasteiger partial charge in [0, 0.05) is 12.6 Å². The summed E-state index contributed by atoms with van der Waals surface area (Å²) >= 11 is 0. The number of aryl methyl sites for hydroxylation is 1. The number of aromatic nitrogens is 2. The number of carbonyl (C=O) groups excluding carboxylic acids is 1. The van der Waals surface area contributed by atoms with E-state index in [1.54, 1.807) is 16.7 Å². The van der Waals surface area contributed by atoms with Crippen molar-refractivity contribution in [3.05, 3.63) is 35.7 Å². The van der Waals surface area contributed by atoms with Crippen LogP contribution in [-0.4, -0.2) is 15.3 Å². The summed E-state index contributed by atoms with van der Waals surface area (Å²) in [5.41, 5.74) is 5.28. The van der Waals surface area contributed by atoms with Crippen LogP contribution in [0, 0.1) is 5.82 Å². The van der Waals surface area contributed by atoms with Crippen molar-refractivity contribution in [2.24, 2.45) is 5.73 Å². The Bertz CT molecular complexity index is 533. The number of fused-ring (bicyclic) bond motifs is 1. The normalized spacial score (nSPS) is 10.8. The average Bonchev–Trinajstić information content (AvgIpc) is 2.58. The fourth-order valence-corrected chi connectivity index (χ4v) is 1.58. The van der Waals surface area contributed by atoms with Gasteiger partial charge in [0.2, 0.25) is 0 Å². The van der Waals surface area contributed by atoms with E-state index in [9.17, 15) is 9.18 Å². The lowest BCUT2D eigenvalue weighted by molar-refractivity contribution is 0.0997. The third-order valence-electron chi connectivity index (χ3n) is 2.24. The Kier molecular flexibility index (Phi) is 2.15. The van der Waals surface area contributed by atoms with Crippen molar-refractivity contribution in [3.8, 4) is 0 Å². The summed E-state index contributed by atoms with van der Waals surface area (Å²) in [7, 11) is 0. The molecule has 1 amide bonds. The second-order valence-electron chi connectivity index (χ2n) is 3.17. The van der Waals surface area contributed by atoms with Gasteiger partial charge in [0.15, 0.2) is 5.69 Å². The van der Waals surface area contributed by atoms with Gasteiger partial charge in [0.1, 0.15) is 17.2 Å². The Balaban J connectivity index is 2.88. The first-order valence-corrected chi connectivity index (χ1v) is 4.60. The van der Waals surface area contributed by atoms with Gasteiger partial charge in [-0.15, -0.1) is 0 Å². The molecule has 0 atom stereocenters. The first-order chi connectivity index (χ1) is 7.15. The van der Waals surface area contributed by atoms with Crippen LogP contribution in [0.25, 0.3) is 5.52 Å². The molecule has 4 nitrogen and oxygen atoms in total. The average molecular weight is 207 g/mol. The summed E-state index contributed by atoms with van der Waals surface area (Å²) in [5, 5.41) is 0. The summed E-state index contributed by atoms with van der Waals surface area (Å²) in [6, 6.07) is 2.84. The van der Waals surface area contributed by atoms with Gasteiger partial charge in [-0.1, -0.05) is 6.92 Å². The number of hydrogen-bond acceptors (Lipinski definition) is 2. The quantitative estimate of drug-likeness (QED) is 0.802. The summed E-state index contributed by atoms with van der Waals surface area (Å²) in [4.78, 5) is 15.1. The van der Waals surface area contributed by atoms with Crippen LogP contribution >= 0.6 is 0 Å². The zero-order valence-electron chi connectivity index (χ0n) is 8.20. The standard InChI is InChI=1S/C10H10FN3O/c1-2-7-13-8(10(12)15)9-6(11)4-3-5-14(7)9/h3-5H,2H2,1H3,(H2,12,15). The Labute approximate surface area is 85.5 Å². The maximum Gasteiger partial charge on any atom is 0.269 e. The lowest BCUT2D eigenvalue weighted by atomic mass is 10.3. The molecule has 2 aromatic rings. The molecule has 2 aromatic heterocycles. The Morgan fingerprint density at radius 3 is 3.00 bits per heavy atom. The van der Waals surface area contributed by atoms with E-state index in [4.69, 9.17) is 5.73 Å². The molecule has 0 unspecified atom stereocenters. The third kappa shape index (κ3) is 1.36. The molecule has 0 radical (unpaired) electrons. The second-order valence-corrected chi connectivity index (χ2v) is 3.17. The molecule has 0 aliphatic carbocycles. The lowest BCUT2D eigenvalue weighted by Crippen LogP contribution is -2.12. The topological polar surface area (TPSA) is 60.4 Å². The molecule has 15 heavy (non-hydrogen) atoms. The highest BCUT2D eigenvalue weighted by atomic mass is 19.1. The van der Waals surface area contributed by atoms with Gasteiger partial charge in [-0.2, -0.15) is 0 Å². The molecule has 0 aliphatic rings. The number of primary amides is 1. The SMILES string of the molecule is CCc1nc(C(N)=O)c2c(F)cccn12. The van der Waals surface area contributed by atoms with Crippen LogP contribution in [0.3, 0.4) is 0 Å². The van der Waals surface area contributed by atoms with E-state index in [0.717, 1.165) is 0 Å². The zero-order valence-corrected chi connectivity index (χ0v) is 8.20. The monoisotopic (exact) mass is 207 g/mol. The van der Waals surface area contributed by atoms with E-state index in [1.165, 1.54) is 6.07 Å². The minimum atomic E-state index is -0.711. The van der Waals surface area contributed by atoms with E-state index < -0.39 is 11.7 Å². The van der Waals surface area contributed by atoms with E-state index >= 15 is 0 Å². The van der Waals surface area contributed by atoms with Crippen LogP contribution in [0.15, 0.2) is 18.3 Å². The highest BCUT2D eigenvalue weighted by Gasteiger charge is 2.16. The smallest absolute Gasteiger partial charge is 0.269 e. The molecule has 5 heteroatoms. The Morgan fingerprint density at radius 2 is 2.40 bits per heavy atom. The number of hydrogen-bond donors (Lipinski definition) is 1. The van der Waals surface area contributed by atoms with E-state index in [-0.39, 0.29) is 11.2 Å². The van der Waals surface area contributed by atoms with Gasteiger partial charge in [-0.25, -0.2) is 9.37 Å². The molecular formula is C10H10FN3O. The molecule has 0 saturated heterocycles. The van der Waals surface area contributed by atoms with Crippen molar-refractivity contribution < 1.29 is 9.18 Å². The highest BCUT2D eigenvalue weighted by Crippen LogP contribution is 2.16. The van der Waals surface area contributed by atoms with Gasteiger partial charge < -0.3 is 10.1 Å². The fourth-order valence-electron chi connectivity index (χ4n) is 1.58. The molecule has 0 saturated carbocycles. The molecule has 0 bridgehead atoms. The van der Waals surface area contributed by atoms with Crippen LogP contribution in [0.5, 0.6) is 0 Å². The predicted octanol–water partition coefficient (Wildman–Crippen LogP) is 1.13. The van der Waals surface area contributed by atoms with Gasteiger partial charge in [0.05, 0.1) is 0 Å². The van der Waals surface area contributed by atoms with Crippen molar-refractivity contribution in [2.75, 3.05) is 0 Å². The minimum Gasteiger partial charge on any atom is -0.364 e. The first kappa shape index (κ1) is 9.64. The predicted molar refractivity (Wildman–Crippen MR) is 53.0 cm³/mol. The fraction of sp³-hybridized carbons (Fsp3) is 0.200. The molecule has 2 N–H and O–H groups in total. The van der Waals surface area contributed by atoms with E-state index in [0.29, 0.717) is 12.2 Å². The van der Waals surface area contributed by atoms with Crippen LogP contribution in [0.1, 0.15) is 23.2 Å². The van der Waals surface area contributed by atoms with E-state index in [2.05, 4.69) is 4.98 Å². The molecule has 0 spiro atoms. The van der Waals surface area contributed by atoms with Crippen molar-refractivity contribution >= 4 is 11.4 Å². The number of carbonyl (C=O) groups is 1. The number of nitrogens with zero attached hydrogens (tertiary/aromatic N) is 2. The largest absolute Gasteiger partial charge is 0.364 e. The van der Waals surface area contributed by atoms with Crippen molar-refractivity contribution in [1.82, 2.24) is 9.38 Å². The second kappa shape index (κ2) is 3.34. The molecule has 78 valence electrons. The molecular weight excluding hydrogens is 197 g/mol. The maximum absolute atomic E-state index is 13.5. The Hall–Kier alpha value is -1.91. The van der Waals surface area contributed by atoms with Gasteiger partial charge in [-0.05, 0) is 12.1 Å².